The lowest BCUT2D eigenvalue weighted by molar-refractivity contribution is 0.466. The van der Waals surface area contributed by atoms with Gasteiger partial charge in [0.25, 0.3) is 5.22 Å². The molecule has 3 rings (SSSR count). The molecule has 0 radical (unpaired) electrons. The van der Waals surface area contributed by atoms with Crippen LogP contribution in [-0.2, 0) is 11.2 Å². The zero-order valence-electron chi connectivity index (χ0n) is 14.9. The summed E-state index contributed by atoms with van der Waals surface area (Å²) in [6.07, 6.45) is 2.08. The van der Waals surface area contributed by atoms with Gasteiger partial charge >= 0.3 is 0 Å². The molecule has 25 heavy (non-hydrogen) atoms. The maximum absolute atomic E-state index is 5.80. The molecule has 5 heteroatoms. The molecule has 0 aliphatic rings. The van der Waals surface area contributed by atoms with E-state index in [1.165, 1.54) is 16.0 Å². The Hall–Kier alpha value is -1.72. The first kappa shape index (κ1) is 18.1. The van der Waals surface area contributed by atoms with E-state index in [1.807, 2.05) is 12.1 Å². The summed E-state index contributed by atoms with van der Waals surface area (Å²) in [4.78, 5) is 1.27. The number of thioether (sulfide) groups is 2. The molecular weight excluding hydrogens is 348 g/mol. The Morgan fingerprint density at radius 3 is 2.20 bits per heavy atom. The van der Waals surface area contributed by atoms with E-state index in [0.717, 1.165) is 11.3 Å². The highest BCUT2D eigenvalue weighted by atomic mass is 32.2. The number of rotatable bonds is 5. The predicted molar refractivity (Wildman–Crippen MR) is 106 cm³/mol. The molecule has 3 aromatic rings. The van der Waals surface area contributed by atoms with Crippen LogP contribution in [0.15, 0.2) is 63.1 Å². The minimum absolute atomic E-state index is 0.139. The van der Waals surface area contributed by atoms with Crippen molar-refractivity contribution in [2.75, 3.05) is 6.26 Å². The fraction of sp³-hybridized carbons (Fsp3) is 0.300. The molecule has 0 fully saturated rings. The van der Waals surface area contributed by atoms with E-state index in [-0.39, 0.29) is 5.41 Å². The summed E-state index contributed by atoms with van der Waals surface area (Å²) in [5, 5.41) is 8.93. The number of hydrogen-bond acceptors (Lipinski definition) is 5. The average Bonchev–Trinajstić information content (AvgIpc) is 3.09. The highest BCUT2D eigenvalue weighted by Crippen LogP contribution is 2.28. The van der Waals surface area contributed by atoms with Gasteiger partial charge < -0.3 is 4.42 Å². The summed E-state index contributed by atoms with van der Waals surface area (Å²) in [6.45, 7) is 6.61. The van der Waals surface area contributed by atoms with Crippen molar-refractivity contribution < 1.29 is 4.42 Å². The van der Waals surface area contributed by atoms with E-state index in [0.29, 0.717) is 11.1 Å². The Labute approximate surface area is 157 Å². The van der Waals surface area contributed by atoms with Gasteiger partial charge in [-0.25, -0.2) is 0 Å². The van der Waals surface area contributed by atoms with Crippen LogP contribution in [0.2, 0.25) is 0 Å². The lowest BCUT2D eigenvalue weighted by atomic mass is 9.87. The van der Waals surface area contributed by atoms with Crippen LogP contribution in [0.3, 0.4) is 0 Å². The Kier molecular flexibility index (Phi) is 5.54. The Balaban J connectivity index is 1.65. The third-order valence-electron chi connectivity index (χ3n) is 3.93. The maximum Gasteiger partial charge on any atom is 0.277 e. The molecule has 0 N–H and O–H groups in total. The molecule has 0 saturated carbocycles. The van der Waals surface area contributed by atoms with Crippen LogP contribution in [0.1, 0.15) is 31.9 Å². The first-order valence-corrected chi connectivity index (χ1v) is 10.4. The van der Waals surface area contributed by atoms with Crippen LogP contribution in [0, 0.1) is 0 Å². The fourth-order valence-corrected chi connectivity index (χ4v) is 3.49. The molecule has 0 spiro atoms. The van der Waals surface area contributed by atoms with Gasteiger partial charge in [0, 0.05) is 16.2 Å². The van der Waals surface area contributed by atoms with E-state index in [4.69, 9.17) is 4.42 Å². The van der Waals surface area contributed by atoms with Gasteiger partial charge in [-0.3, -0.25) is 0 Å². The van der Waals surface area contributed by atoms with Crippen LogP contribution in [0.25, 0.3) is 11.5 Å². The summed E-state index contributed by atoms with van der Waals surface area (Å²) < 4.78 is 5.80. The van der Waals surface area contributed by atoms with Crippen molar-refractivity contribution in [3.8, 4) is 11.5 Å². The molecular formula is C20H22N2OS2. The van der Waals surface area contributed by atoms with Crippen molar-refractivity contribution in [2.24, 2.45) is 0 Å². The van der Waals surface area contributed by atoms with Crippen molar-refractivity contribution in [1.29, 1.82) is 0 Å². The molecule has 2 aromatic carbocycles. The summed E-state index contributed by atoms with van der Waals surface area (Å²) in [5.41, 5.74) is 3.63. The third kappa shape index (κ3) is 4.67. The minimum atomic E-state index is 0.139. The highest BCUT2D eigenvalue weighted by molar-refractivity contribution is 7.98. The second-order valence-electron chi connectivity index (χ2n) is 6.84. The van der Waals surface area contributed by atoms with Crippen molar-refractivity contribution in [1.82, 2.24) is 10.2 Å². The Morgan fingerprint density at radius 1 is 0.920 bits per heavy atom. The van der Waals surface area contributed by atoms with E-state index >= 15 is 0 Å². The van der Waals surface area contributed by atoms with E-state index in [1.54, 1.807) is 23.5 Å². The summed E-state index contributed by atoms with van der Waals surface area (Å²) in [7, 11) is 0. The summed E-state index contributed by atoms with van der Waals surface area (Å²) >= 11 is 3.31. The topological polar surface area (TPSA) is 38.9 Å². The highest BCUT2D eigenvalue weighted by Gasteiger charge is 2.15. The molecule has 0 aliphatic carbocycles. The summed E-state index contributed by atoms with van der Waals surface area (Å²) in [5.74, 6) is 1.39. The standard InChI is InChI=1S/C20H22N2OS2/c1-20(2,3)16-9-7-15(8-10-16)18-21-22-19(23-18)25-13-14-5-11-17(24-4)12-6-14/h5-12H,13H2,1-4H3. The maximum atomic E-state index is 5.80. The lowest BCUT2D eigenvalue weighted by Crippen LogP contribution is -2.10. The molecule has 0 atom stereocenters. The fourth-order valence-electron chi connectivity index (χ4n) is 2.36. The quantitative estimate of drug-likeness (QED) is 0.511. The van der Waals surface area contributed by atoms with Crippen LogP contribution < -0.4 is 0 Å². The molecule has 3 nitrogen and oxygen atoms in total. The second kappa shape index (κ2) is 7.67. The normalized spacial score (nSPS) is 11.7. The third-order valence-corrected chi connectivity index (χ3v) is 5.56. The van der Waals surface area contributed by atoms with Gasteiger partial charge in [-0.2, -0.15) is 0 Å². The van der Waals surface area contributed by atoms with Crippen LogP contribution >= 0.6 is 23.5 Å². The van der Waals surface area contributed by atoms with E-state index < -0.39 is 0 Å². The molecule has 0 aliphatic heterocycles. The molecule has 130 valence electrons. The van der Waals surface area contributed by atoms with Gasteiger partial charge in [0.2, 0.25) is 5.89 Å². The van der Waals surface area contributed by atoms with Gasteiger partial charge in [-0.05, 0) is 47.1 Å². The lowest BCUT2D eigenvalue weighted by Gasteiger charge is -2.18. The second-order valence-corrected chi connectivity index (χ2v) is 8.64. The van der Waals surface area contributed by atoms with Crippen molar-refractivity contribution >= 4 is 23.5 Å². The number of nitrogens with zero attached hydrogens (tertiary/aromatic N) is 2. The molecule has 0 bridgehead atoms. The zero-order chi connectivity index (χ0) is 17.9. The van der Waals surface area contributed by atoms with Gasteiger partial charge in [0.15, 0.2) is 0 Å². The van der Waals surface area contributed by atoms with Gasteiger partial charge in [-0.1, -0.05) is 56.8 Å². The van der Waals surface area contributed by atoms with E-state index in [2.05, 4.69) is 73.6 Å². The van der Waals surface area contributed by atoms with Crippen LogP contribution in [-0.4, -0.2) is 16.5 Å². The summed E-state index contributed by atoms with van der Waals surface area (Å²) in [6, 6.07) is 16.9. The van der Waals surface area contributed by atoms with Gasteiger partial charge in [0.05, 0.1) is 0 Å². The van der Waals surface area contributed by atoms with Gasteiger partial charge in [-0.15, -0.1) is 22.0 Å². The van der Waals surface area contributed by atoms with Crippen LogP contribution in [0.4, 0.5) is 0 Å². The number of benzene rings is 2. The number of aromatic nitrogens is 2. The molecule has 0 saturated heterocycles. The SMILES string of the molecule is CSc1ccc(CSc2nnc(-c3ccc(C(C)(C)C)cc3)o2)cc1. The minimum Gasteiger partial charge on any atom is -0.411 e. The average molecular weight is 371 g/mol. The van der Waals surface area contributed by atoms with E-state index in [9.17, 15) is 0 Å². The zero-order valence-corrected chi connectivity index (χ0v) is 16.6. The first-order valence-electron chi connectivity index (χ1n) is 8.16. The van der Waals surface area contributed by atoms with Crippen molar-refractivity contribution in [3.63, 3.8) is 0 Å². The largest absolute Gasteiger partial charge is 0.411 e. The smallest absolute Gasteiger partial charge is 0.277 e. The molecule has 0 amide bonds. The predicted octanol–water partition coefficient (Wildman–Crippen LogP) is 6.05. The van der Waals surface area contributed by atoms with Crippen molar-refractivity contribution in [3.05, 3.63) is 59.7 Å². The number of hydrogen-bond donors (Lipinski definition) is 0. The Morgan fingerprint density at radius 2 is 1.60 bits per heavy atom. The molecule has 1 heterocycles. The van der Waals surface area contributed by atoms with Crippen molar-refractivity contribution in [2.45, 2.75) is 42.1 Å². The molecule has 0 unspecified atom stereocenters. The monoisotopic (exact) mass is 370 g/mol. The molecule has 1 aromatic heterocycles. The van der Waals surface area contributed by atoms with Gasteiger partial charge in [0.1, 0.15) is 0 Å². The Bertz CT molecular complexity index is 818. The first-order chi connectivity index (χ1) is 12.0. The van der Waals surface area contributed by atoms with Crippen LogP contribution in [0.5, 0.6) is 0 Å².